The highest BCUT2D eigenvalue weighted by Gasteiger charge is 2.57. The van der Waals surface area contributed by atoms with Crippen LogP contribution in [-0.2, 0) is 50.4 Å². The van der Waals surface area contributed by atoms with Crippen molar-refractivity contribution in [2.45, 2.75) is 62.5 Å². The molecular formula is C40H39Cl2F2N2O11P. The topological polar surface area (TPSA) is 157 Å². The summed E-state index contributed by atoms with van der Waals surface area (Å²) in [6, 6.07) is 25.3. The Morgan fingerprint density at radius 2 is 1.19 bits per heavy atom. The lowest BCUT2D eigenvalue weighted by Gasteiger charge is -2.56. The number of carbonyl (C=O) groups excluding carboxylic acids is 3. The summed E-state index contributed by atoms with van der Waals surface area (Å²) >= 11 is 11.5. The summed E-state index contributed by atoms with van der Waals surface area (Å²) in [6.45, 7) is -2.10. The minimum absolute atomic E-state index is 0.0483. The molecule has 58 heavy (non-hydrogen) atoms. The van der Waals surface area contributed by atoms with E-state index in [1.807, 2.05) is 12.1 Å². The Bertz CT molecular complexity index is 2060. The van der Waals surface area contributed by atoms with Gasteiger partial charge in [0.1, 0.15) is 29.2 Å². The second kappa shape index (κ2) is 19.3. The first-order chi connectivity index (χ1) is 27.8. The van der Waals surface area contributed by atoms with Gasteiger partial charge in [-0.25, -0.2) is 22.7 Å². The predicted octanol–water partition coefficient (Wildman–Crippen LogP) is 8.45. The molecule has 4 aromatic carbocycles. The van der Waals surface area contributed by atoms with Crippen LogP contribution < -0.4 is 20.1 Å². The van der Waals surface area contributed by atoms with Gasteiger partial charge < -0.3 is 29.6 Å². The number of nitrogens with one attached hydrogen (secondary N) is 2. The molecule has 0 aliphatic heterocycles. The third-order valence-electron chi connectivity index (χ3n) is 9.70. The van der Waals surface area contributed by atoms with Crippen molar-refractivity contribution in [3.05, 3.63) is 130 Å². The van der Waals surface area contributed by atoms with Crippen molar-refractivity contribution < 1.29 is 60.2 Å². The monoisotopic (exact) mass is 862 g/mol. The van der Waals surface area contributed by atoms with Crippen LogP contribution in [0, 0.1) is 11.6 Å². The highest BCUT2D eigenvalue weighted by atomic mass is 35.5. The fourth-order valence-electron chi connectivity index (χ4n) is 6.72. The van der Waals surface area contributed by atoms with E-state index in [2.05, 4.69) is 10.6 Å². The first-order valence-electron chi connectivity index (χ1n) is 18.1. The number of phosphoric acid groups is 1. The van der Waals surface area contributed by atoms with Gasteiger partial charge in [-0.3, -0.25) is 18.6 Å². The van der Waals surface area contributed by atoms with Crippen molar-refractivity contribution in [2.75, 3.05) is 20.0 Å². The molecule has 0 saturated heterocycles. The molecule has 3 aliphatic rings. The quantitative estimate of drug-likeness (QED) is 0.0562. The van der Waals surface area contributed by atoms with E-state index < -0.39 is 74.6 Å². The van der Waals surface area contributed by atoms with E-state index in [4.69, 9.17) is 55.7 Å². The first kappa shape index (κ1) is 42.8. The highest BCUT2D eigenvalue weighted by molar-refractivity contribution is 7.48. The average Bonchev–Trinajstić information content (AvgIpc) is 3.22. The van der Waals surface area contributed by atoms with Gasteiger partial charge in [-0.05, 0) is 61.1 Å². The van der Waals surface area contributed by atoms with Gasteiger partial charge in [0.15, 0.2) is 13.2 Å². The van der Waals surface area contributed by atoms with E-state index in [0.717, 1.165) is 12.1 Å². The minimum atomic E-state index is -4.31. The summed E-state index contributed by atoms with van der Waals surface area (Å²) in [5.74, 6) is -2.37. The lowest BCUT2D eigenvalue weighted by Crippen LogP contribution is -2.71. The maximum atomic E-state index is 14.0. The van der Waals surface area contributed by atoms with Gasteiger partial charge in [-0.2, -0.15) is 0 Å². The number of ether oxygens (including phenoxy) is 4. The smallest absolute Gasteiger partial charge is 0.484 e. The van der Waals surface area contributed by atoms with E-state index in [1.54, 1.807) is 48.5 Å². The number of carbonyl (C=O) groups is 3. The van der Waals surface area contributed by atoms with Gasteiger partial charge in [-0.1, -0.05) is 83.9 Å². The van der Waals surface area contributed by atoms with E-state index >= 15 is 0 Å². The molecular weight excluding hydrogens is 824 g/mol. The standard InChI is InChI=1S/C40H39Cl2F2N2O11P/c41-31-13-11-29(19-33(31)43)51-24-36(47)45-39-15-17-40(18-16-39,46-37(48)25-52-30-12-14-32(42)34(44)20-30)35(21-39)57-38(49)53-26-56-58(50,54-22-27-7-3-1-4-8-27)55-23-28-9-5-2-6-10-28/h1-14,19-20,35H,15-18,21-26H2,(H,45,47)(H,46,48)/t35-,39?,40?/m0/s1. The average molecular weight is 864 g/mol. The second-order valence-corrected chi connectivity index (χ2v) is 16.2. The number of amides is 2. The zero-order chi connectivity index (χ0) is 41.2. The summed E-state index contributed by atoms with van der Waals surface area (Å²) in [6.07, 6.45) is -0.989. The van der Waals surface area contributed by atoms with Crippen molar-refractivity contribution in [3.63, 3.8) is 0 Å². The molecule has 13 nitrogen and oxygen atoms in total. The fraction of sp³-hybridized carbons (Fsp3) is 0.325. The third-order valence-corrected chi connectivity index (χ3v) is 11.6. The molecule has 3 aliphatic carbocycles. The van der Waals surface area contributed by atoms with Crippen LogP contribution in [0.15, 0.2) is 97.1 Å². The number of rotatable bonds is 18. The molecule has 0 unspecified atom stereocenters. The maximum absolute atomic E-state index is 14.0. The molecule has 7 rings (SSSR count). The van der Waals surface area contributed by atoms with Gasteiger partial charge in [-0.15, -0.1) is 0 Å². The summed E-state index contributed by atoms with van der Waals surface area (Å²) in [5, 5.41) is 5.69. The number of hydrogen-bond acceptors (Lipinski definition) is 11. The van der Waals surface area contributed by atoms with Crippen LogP contribution in [0.2, 0.25) is 10.0 Å². The Morgan fingerprint density at radius 1 is 0.690 bits per heavy atom. The van der Waals surface area contributed by atoms with Crippen molar-refractivity contribution in [1.82, 2.24) is 10.6 Å². The number of fused-ring (bicyclic) bond motifs is 3. The number of halogens is 4. The van der Waals surface area contributed by atoms with E-state index in [0.29, 0.717) is 24.0 Å². The summed E-state index contributed by atoms with van der Waals surface area (Å²) < 4.78 is 80.0. The Kier molecular flexibility index (Phi) is 14.3. The largest absolute Gasteiger partial charge is 0.510 e. The predicted molar refractivity (Wildman–Crippen MR) is 206 cm³/mol. The molecule has 2 amide bonds. The molecule has 2 N–H and O–H groups in total. The van der Waals surface area contributed by atoms with Crippen LogP contribution in [0.5, 0.6) is 11.5 Å². The SMILES string of the molecule is O=C(COc1ccc(Cl)c(F)c1)NC12CCC(NC(=O)COc3ccc(Cl)c(F)c3)(CC1)[C@@H](OC(=O)OCOP(=O)(OCc1ccccc1)OCc1ccccc1)C2. The van der Waals surface area contributed by atoms with E-state index in [9.17, 15) is 27.7 Å². The maximum Gasteiger partial charge on any atom is 0.510 e. The number of hydrogen-bond donors (Lipinski definition) is 2. The Labute approximate surface area is 342 Å². The van der Waals surface area contributed by atoms with Gasteiger partial charge in [0.05, 0.1) is 28.8 Å². The van der Waals surface area contributed by atoms with Gasteiger partial charge in [0, 0.05) is 24.1 Å². The molecule has 18 heteroatoms. The Balaban J connectivity index is 1.10. The first-order valence-corrected chi connectivity index (χ1v) is 20.3. The van der Waals surface area contributed by atoms with Crippen LogP contribution in [0.4, 0.5) is 13.6 Å². The molecule has 3 saturated carbocycles. The van der Waals surface area contributed by atoms with E-state index in [1.165, 1.54) is 24.3 Å². The van der Waals surface area contributed by atoms with E-state index in [-0.39, 0.29) is 54.0 Å². The highest BCUT2D eigenvalue weighted by Crippen LogP contribution is 2.51. The summed E-state index contributed by atoms with van der Waals surface area (Å²) in [4.78, 5) is 39.6. The lowest BCUT2D eigenvalue weighted by molar-refractivity contribution is -0.140. The lowest BCUT2D eigenvalue weighted by atomic mass is 9.59. The summed E-state index contributed by atoms with van der Waals surface area (Å²) in [7, 11) is -4.31. The molecule has 0 radical (unpaired) electrons. The van der Waals surface area contributed by atoms with Gasteiger partial charge in [0.25, 0.3) is 11.8 Å². The Hall–Kier alpha value is -4.76. The van der Waals surface area contributed by atoms with Crippen LogP contribution >= 0.6 is 31.0 Å². The van der Waals surface area contributed by atoms with Crippen molar-refractivity contribution >= 4 is 49.0 Å². The van der Waals surface area contributed by atoms with Crippen molar-refractivity contribution in [1.29, 1.82) is 0 Å². The molecule has 4 aromatic rings. The second-order valence-electron chi connectivity index (χ2n) is 13.7. The van der Waals surface area contributed by atoms with Crippen molar-refractivity contribution in [2.24, 2.45) is 0 Å². The fourth-order valence-corrected chi connectivity index (χ4v) is 7.98. The molecule has 0 spiro atoms. The molecule has 0 aromatic heterocycles. The molecule has 3 fully saturated rings. The zero-order valence-corrected chi connectivity index (χ0v) is 33.2. The van der Waals surface area contributed by atoms with Crippen LogP contribution in [0.3, 0.4) is 0 Å². The van der Waals surface area contributed by atoms with Crippen LogP contribution in [0.25, 0.3) is 0 Å². The van der Waals surface area contributed by atoms with Crippen molar-refractivity contribution in [3.8, 4) is 11.5 Å². The van der Waals surface area contributed by atoms with Crippen LogP contribution in [-0.4, -0.2) is 55.2 Å². The summed E-state index contributed by atoms with van der Waals surface area (Å²) in [5.41, 5.74) is -0.635. The molecule has 2 bridgehead atoms. The number of phosphoric ester groups is 1. The molecule has 0 heterocycles. The third kappa shape index (κ3) is 11.7. The minimum Gasteiger partial charge on any atom is -0.484 e. The van der Waals surface area contributed by atoms with Gasteiger partial charge in [0.2, 0.25) is 6.79 Å². The molecule has 308 valence electrons. The van der Waals surface area contributed by atoms with Gasteiger partial charge >= 0.3 is 14.0 Å². The van der Waals surface area contributed by atoms with Crippen LogP contribution in [0.1, 0.15) is 43.2 Å². The molecule has 1 atom stereocenters. The number of benzene rings is 4. The normalized spacial score (nSPS) is 19.8. The Morgan fingerprint density at radius 3 is 1.69 bits per heavy atom. The zero-order valence-electron chi connectivity index (χ0n) is 30.8.